The lowest BCUT2D eigenvalue weighted by Gasteiger charge is -2.26. The van der Waals surface area contributed by atoms with Gasteiger partial charge in [-0.2, -0.15) is 0 Å². The van der Waals surface area contributed by atoms with Crippen LogP contribution in [0.3, 0.4) is 0 Å². The Labute approximate surface area is 185 Å². The number of aromatic hydroxyl groups is 1. The van der Waals surface area contributed by atoms with Gasteiger partial charge in [-0.05, 0) is 67.9 Å². The minimum Gasteiger partial charge on any atom is -0.508 e. The molecule has 0 radical (unpaired) electrons. The summed E-state index contributed by atoms with van der Waals surface area (Å²) in [6.07, 6.45) is 0. The van der Waals surface area contributed by atoms with Crippen LogP contribution >= 0.6 is 11.6 Å². The van der Waals surface area contributed by atoms with Crippen molar-refractivity contribution in [3.05, 3.63) is 100 Å². The average molecular weight is 433 g/mol. The highest BCUT2D eigenvalue weighted by Crippen LogP contribution is 2.41. The van der Waals surface area contributed by atoms with Crippen LogP contribution in [0.4, 0.5) is 11.4 Å². The molecule has 3 aromatic carbocycles. The molecule has 1 amide bonds. The molecule has 1 heterocycles. The van der Waals surface area contributed by atoms with Crippen LogP contribution in [0, 0.1) is 6.92 Å². The van der Waals surface area contributed by atoms with Crippen LogP contribution in [0.25, 0.3) is 0 Å². The molecule has 3 aromatic rings. The summed E-state index contributed by atoms with van der Waals surface area (Å²) in [6.45, 7) is 3.80. The molecule has 1 saturated heterocycles. The van der Waals surface area contributed by atoms with Crippen molar-refractivity contribution >= 4 is 34.7 Å². The fourth-order valence-corrected chi connectivity index (χ4v) is 3.86. The number of hydrogen-bond acceptors (Lipinski definition) is 4. The van der Waals surface area contributed by atoms with Crippen LogP contribution in [0.1, 0.15) is 24.1 Å². The first-order valence-corrected chi connectivity index (χ1v) is 10.2. The first-order chi connectivity index (χ1) is 14.8. The number of rotatable bonds is 4. The zero-order chi connectivity index (χ0) is 22.1. The molecule has 1 aliphatic heterocycles. The fourth-order valence-electron chi connectivity index (χ4n) is 3.73. The van der Waals surface area contributed by atoms with Gasteiger partial charge in [-0.25, -0.2) is 0 Å². The highest BCUT2D eigenvalue weighted by Gasteiger charge is 2.45. The van der Waals surface area contributed by atoms with Gasteiger partial charge in [0.1, 0.15) is 5.75 Å². The number of carbonyl (C=O) groups is 2. The first-order valence-electron chi connectivity index (χ1n) is 9.82. The predicted molar refractivity (Wildman–Crippen MR) is 122 cm³/mol. The number of nitrogens with zero attached hydrogens (tertiary/aromatic N) is 1. The van der Waals surface area contributed by atoms with Gasteiger partial charge in [0, 0.05) is 22.1 Å². The van der Waals surface area contributed by atoms with Crippen LogP contribution in [0.15, 0.2) is 84.1 Å². The third-order valence-corrected chi connectivity index (χ3v) is 5.54. The van der Waals surface area contributed by atoms with E-state index in [1.165, 1.54) is 17.0 Å². The molecular weight excluding hydrogens is 412 g/mol. The number of nitrogens with one attached hydrogen (secondary N) is 1. The molecule has 31 heavy (non-hydrogen) atoms. The third-order valence-electron chi connectivity index (χ3n) is 5.29. The summed E-state index contributed by atoms with van der Waals surface area (Å²) in [7, 11) is 0. The van der Waals surface area contributed by atoms with Gasteiger partial charge in [-0.3, -0.25) is 14.5 Å². The maximum Gasteiger partial charge on any atom is 0.300 e. The van der Waals surface area contributed by atoms with Crippen molar-refractivity contribution in [1.29, 1.82) is 0 Å². The lowest BCUT2D eigenvalue weighted by atomic mass is 9.96. The maximum atomic E-state index is 13.1. The molecule has 1 aliphatic rings. The number of phenolic OH excluding ortho intramolecular Hbond substituents is 1. The van der Waals surface area contributed by atoms with Crippen LogP contribution < -0.4 is 10.2 Å². The van der Waals surface area contributed by atoms with Crippen LogP contribution in [0.2, 0.25) is 5.02 Å². The second-order valence-corrected chi connectivity index (χ2v) is 7.94. The number of ketones is 1. The van der Waals surface area contributed by atoms with Gasteiger partial charge in [-0.15, -0.1) is 0 Å². The summed E-state index contributed by atoms with van der Waals surface area (Å²) in [6, 6.07) is 20.5. The molecule has 0 saturated carbocycles. The number of hydrogen-bond donors (Lipinski definition) is 2. The van der Waals surface area contributed by atoms with E-state index in [4.69, 9.17) is 11.6 Å². The highest BCUT2D eigenvalue weighted by molar-refractivity contribution is 6.51. The number of carbonyl (C=O) groups excluding carboxylic acids is 2. The van der Waals surface area contributed by atoms with E-state index in [0.717, 1.165) is 16.8 Å². The van der Waals surface area contributed by atoms with Crippen molar-refractivity contribution in [3.63, 3.8) is 0 Å². The Morgan fingerprint density at radius 3 is 2.16 bits per heavy atom. The Hall–Kier alpha value is -3.57. The molecule has 6 heteroatoms. The van der Waals surface area contributed by atoms with Gasteiger partial charge in [0.05, 0.1) is 11.6 Å². The largest absolute Gasteiger partial charge is 0.508 e. The van der Waals surface area contributed by atoms with Crippen molar-refractivity contribution < 1.29 is 14.7 Å². The van der Waals surface area contributed by atoms with E-state index in [2.05, 4.69) is 5.32 Å². The number of allylic oxidation sites excluding steroid dienone is 1. The van der Waals surface area contributed by atoms with Gasteiger partial charge in [-0.1, -0.05) is 41.4 Å². The van der Waals surface area contributed by atoms with Gasteiger partial charge in [0.15, 0.2) is 0 Å². The topological polar surface area (TPSA) is 69.6 Å². The van der Waals surface area contributed by atoms with Crippen molar-refractivity contribution in [2.24, 2.45) is 0 Å². The highest BCUT2D eigenvalue weighted by atomic mass is 35.5. The van der Waals surface area contributed by atoms with E-state index in [1.807, 2.05) is 43.3 Å². The van der Waals surface area contributed by atoms with E-state index < -0.39 is 17.7 Å². The Morgan fingerprint density at radius 2 is 1.55 bits per heavy atom. The first kappa shape index (κ1) is 20.7. The summed E-state index contributed by atoms with van der Waals surface area (Å²) in [5, 5.41) is 13.5. The monoisotopic (exact) mass is 432 g/mol. The molecule has 4 rings (SSSR count). The second-order valence-electron chi connectivity index (χ2n) is 7.50. The molecule has 5 nitrogen and oxygen atoms in total. The molecule has 0 bridgehead atoms. The minimum atomic E-state index is -0.625. The third kappa shape index (κ3) is 4.05. The molecule has 156 valence electrons. The Kier molecular flexibility index (Phi) is 5.53. The SMILES string of the molecule is C/C(Nc1ccc(C)cc1)=C1\C(=O)C(=O)N(c2ccc(O)cc2)C1c1ccc(Cl)cc1. The normalized spacial score (nSPS) is 17.8. The Balaban J connectivity index is 1.84. The standard InChI is InChI=1S/C25H21ClN2O3/c1-15-3-9-19(10-4-15)27-16(2)22-23(17-5-7-18(26)8-6-17)28(25(31)24(22)30)20-11-13-21(29)14-12-20/h3-14,23,27,29H,1-2H3/b22-16+. The van der Waals surface area contributed by atoms with E-state index >= 15 is 0 Å². The maximum absolute atomic E-state index is 13.1. The van der Waals surface area contributed by atoms with Crippen molar-refractivity contribution in [1.82, 2.24) is 0 Å². The summed E-state index contributed by atoms with van der Waals surface area (Å²) in [5.41, 5.74) is 4.21. The lowest BCUT2D eigenvalue weighted by Crippen LogP contribution is -2.29. The predicted octanol–water partition coefficient (Wildman–Crippen LogP) is 5.40. The van der Waals surface area contributed by atoms with Gasteiger partial charge in [0.2, 0.25) is 0 Å². The zero-order valence-corrected chi connectivity index (χ0v) is 17.9. The number of anilines is 2. The molecule has 0 aliphatic carbocycles. The molecule has 0 aromatic heterocycles. The van der Waals surface area contributed by atoms with Crippen molar-refractivity contribution in [2.45, 2.75) is 19.9 Å². The van der Waals surface area contributed by atoms with E-state index in [9.17, 15) is 14.7 Å². The smallest absolute Gasteiger partial charge is 0.300 e. The molecule has 1 atom stereocenters. The van der Waals surface area contributed by atoms with Crippen molar-refractivity contribution in [3.8, 4) is 5.75 Å². The second kappa shape index (κ2) is 8.28. The van der Waals surface area contributed by atoms with Crippen LogP contribution in [-0.2, 0) is 9.59 Å². The summed E-state index contributed by atoms with van der Waals surface area (Å²) in [5.74, 6) is -1.10. The molecular formula is C25H21ClN2O3. The van der Waals surface area contributed by atoms with E-state index in [1.54, 1.807) is 31.2 Å². The van der Waals surface area contributed by atoms with Gasteiger partial charge < -0.3 is 10.4 Å². The average Bonchev–Trinajstić information content (AvgIpc) is 3.02. The lowest BCUT2D eigenvalue weighted by molar-refractivity contribution is -0.132. The number of Topliss-reactive ketones (excluding diaryl/α,β-unsaturated/α-hetero) is 1. The Bertz CT molecular complexity index is 1170. The number of benzene rings is 3. The molecule has 1 unspecified atom stereocenters. The molecule has 2 N–H and O–H groups in total. The zero-order valence-electron chi connectivity index (χ0n) is 17.1. The van der Waals surface area contributed by atoms with Crippen molar-refractivity contribution in [2.75, 3.05) is 10.2 Å². The number of amides is 1. The van der Waals surface area contributed by atoms with Gasteiger partial charge >= 0.3 is 0 Å². The molecule has 1 fully saturated rings. The number of phenols is 1. The molecule has 0 spiro atoms. The number of halogens is 1. The summed E-state index contributed by atoms with van der Waals surface area (Å²) < 4.78 is 0. The van der Waals surface area contributed by atoms with Crippen LogP contribution in [0.5, 0.6) is 5.75 Å². The summed E-state index contributed by atoms with van der Waals surface area (Å²) >= 11 is 6.07. The van der Waals surface area contributed by atoms with Gasteiger partial charge in [0.25, 0.3) is 11.7 Å². The van der Waals surface area contributed by atoms with E-state index in [0.29, 0.717) is 22.0 Å². The Morgan fingerprint density at radius 1 is 0.935 bits per heavy atom. The van der Waals surface area contributed by atoms with Crippen LogP contribution in [-0.4, -0.2) is 16.8 Å². The summed E-state index contributed by atoms with van der Waals surface area (Å²) in [4.78, 5) is 27.7. The fraction of sp³-hybridized carbons (Fsp3) is 0.120. The number of aryl methyl sites for hydroxylation is 1. The van der Waals surface area contributed by atoms with E-state index in [-0.39, 0.29) is 5.75 Å². The quantitative estimate of drug-likeness (QED) is 0.428. The minimum absolute atomic E-state index is 0.0812.